The first kappa shape index (κ1) is 32.2. The van der Waals surface area contributed by atoms with Crippen LogP contribution >= 0.6 is 0 Å². The van der Waals surface area contributed by atoms with E-state index in [-0.39, 0.29) is 36.0 Å². The first-order valence-electron chi connectivity index (χ1n) is 12.4. The SMILES string of the molecule is CC.CCCC(CC)C(C)(c1ccc(F)cc1)c1ccc(F)cc1.CCOC(=O)CNC(=O)CN. The second-order valence-electron chi connectivity index (χ2n) is 7.90. The molecule has 2 aromatic carbocycles. The van der Waals surface area contributed by atoms with Gasteiger partial charge in [-0.25, -0.2) is 8.78 Å². The van der Waals surface area contributed by atoms with Crippen molar-refractivity contribution in [1.82, 2.24) is 5.32 Å². The van der Waals surface area contributed by atoms with Gasteiger partial charge in [-0.15, -0.1) is 0 Å². The molecule has 0 aliphatic rings. The number of carbonyl (C=O) groups excluding carboxylic acids is 2. The van der Waals surface area contributed by atoms with Crippen LogP contribution in [0.25, 0.3) is 0 Å². The van der Waals surface area contributed by atoms with E-state index in [4.69, 9.17) is 5.73 Å². The fourth-order valence-electron chi connectivity index (χ4n) is 3.93. The van der Waals surface area contributed by atoms with Crippen LogP contribution < -0.4 is 11.1 Å². The maximum Gasteiger partial charge on any atom is 0.325 e. The number of halogens is 2. The fraction of sp³-hybridized carbons (Fsp3) is 0.500. The van der Waals surface area contributed by atoms with Crippen LogP contribution in [0.3, 0.4) is 0 Å². The molecule has 1 unspecified atom stereocenters. The monoisotopic (exact) mass is 492 g/mol. The van der Waals surface area contributed by atoms with Gasteiger partial charge in [0.15, 0.2) is 0 Å². The lowest BCUT2D eigenvalue weighted by molar-refractivity contribution is -0.143. The number of hydrogen-bond donors (Lipinski definition) is 2. The van der Waals surface area contributed by atoms with Crippen molar-refractivity contribution in [3.63, 3.8) is 0 Å². The van der Waals surface area contributed by atoms with Crippen LogP contribution in [0.1, 0.15) is 71.9 Å². The molecule has 3 N–H and O–H groups in total. The third-order valence-electron chi connectivity index (χ3n) is 5.75. The number of rotatable bonds is 10. The van der Waals surface area contributed by atoms with Crippen LogP contribution in [-0.4, -0.2) is 31.6 Å². The topological polar surface area (TPSA) is 81.4 Å². The summed E-state index contributed by atoms with van der Waals surface area (Å²) in [6.45, 7) is 12.4. The molecule has 0 aliphatic heterocycles. The zero-order valence-electron chi connectivity index (χ0n) is 22.0. The van der Waals surface area contributed by atoms with E-state index in [0.29, 0.717) is 12.5 Å². The van der Waals surface area contributed by atoms with Crippen LogP contribution in [0.2, 0.25) is 0 Å². The lowest BCUT2D eigenvalue weighted by Gasteiger charge is -2.39. The zero-order chi connectivity index (χ0) is 26.9. The van der Waals surface area contributed by atoms with E-state index >= 15 is 0 Å². The highest BCUT2D eigenvalue weighted by molar-refractivity contribution is 5.82. The maximum absolute atomic E-state index is 13.3. The van der Waals surface area contributed by atoms with E-state index in [1.807, 2.05) is 38.1 Å². The van der Waals surface area contributed by atoms with Crippen LogP contribution in [0.4, 0.5) is 8.78 Å². The summed E-state index contributed by atoms with van der Waals surface area (Å²) in [5.74, 6) is -0.844. The summed E-state index contributed by atoms with van der Waals surface area (Å²) >= 11 is 0. The summed E-state index contributed by atoms with van der Waals surface area (Å²) in [7, 11) is 0. The Morgan fingerprint density at radius 2 is 1.40 bits per heavy atom. The minimum atomic E-state index is -0.450. The van der Waals surface area contributed by atoms with Gasteiger partial charge in [0.1, 0.15) is 18.2 Å². The standard InChI is InChI=1S/C20H24F2.C6H12N2O3.C2H6/c1-4-6-15(5-2)20(3,16-7-11-18(21)12-8-16)17-9-13-19(22)14-10-17;1-2-11-6(10)4-8-5(9)3-7;1-2/h7-15H,4-6H2,1-3H3;2-4,7H2,1H3,(H,8,9);1-2H3. The molecule has 0 saturated carbocycles. The van der Waals surface area contributed by atoms with Crippen molar-refractivity contribution in [1.29, 1.82) is 0 Å². The number of nitrogens with two attached hydrogens (primary N) is 1. The second-order valence-corrected chi connectivity index (χ2v) is 7.90. The Balaban J connectivity index is 0.000000754. The molecule has 0 aromatic heterocycles. The van der Waals surface area contributed by atoms with Crippen LogP contribution in [0.5, 0.6) is 0 Å². The molecule has 0 fully saturated rings. The van der Waals surface area contributed by atoms with Gasteiger partial charge in [0.2, 0.25) is 5.91 Å². The predicted molar refractivity (Wildman–Crippen MR) is 138 cm³/mol. The van der Waals surface area contributed by atoms with Crippen LogP contribution in [0, 0.1) is 17.6 Å². The Hall–Kier alpha value is -2.80. The normalized spacial score (nSPS) is 11.2. The number of ether oxygens (including phenoxy) is 1. The number of carbonyl (C=O) groups is 2. The molecule has 1 atom stereocenters. The fourth-order valence-corrected chi connectivity index (χ4v) is 3.93. The van der Waals surface area contributed by atoms with Crippen molar-refractivity contribution in [3.8, 4) is 0 Å². The number of hydrogen-bond acceptors (Lipinski definition) is 4. The molecule has 0 saturated heterocycles. The minimum Gasteiger partial charge on any atom is -0.465 e. The lowest BCUT2D eigenvalue weighted by atomic mass is 9.65. The van der Waals surface area contributed by atoms with E-state index in [0.717, 1.165) is 30.4 Å². The first-order valence-corrected chi connectivity index (χ1v) is 12.4. The first-order chi connectivity index (χ1) is 16.7. The Morgan fingerprint density at radius 3 is 1.74 bits per heavy atom. The largest absolute Gasteiger partial charge is 0.465 e. The molecule has 0 bridgehead atoms. The highest BCUT2D eigenvalue weighted by Gasteiger charge is 2.36. The van der Waals surface area contributed by atoms with Gasteiger partial charge >= 0.3 is 5.97 Å². The third kappa shape index (κ3) is 10.6. The van der Waals surface area contributed by atoms with E-state index < -0.39 is 5.97 Å². The molecule has 0 spiro atoms. The molecular weight excluding hydrogens is 450 g/mol. The molecule has 0 radical (unpaired) electrons. The summed E-state index contributed by atoms with van der Waals surface area (Å²) in [6.07, 6.45) is 3.21. The van der Waals surface area contributed by atoms with Crippen molar-refractivity contribution in [2.75, 3.05) is 19.7 Å². The average molecular weight is 493 g/mol. The molecule has 0 aliphatic carbocycles. The van der Waals surface area contributed by atoms with Crippen LogP contribution in [-0.2, 0) is 19.7 Å². The van der Waals surface area contributed by atoms with Crippen LogP contribution in [0.15, 0.2) is 48.5 Å². The Kier molecular flexibility index (Phi) is 16.2. The van der Waals surface area contributed by atoms with E-state index in [1.54, 1.807) is 6.92 Å². The van der Waals surface area contributed by atoms with Gasteiger partial charge in [-0.05, 0) is 54.7 Å². The molecule has 196 valence electrons. The van der Waals surface area contributed by atoms with E-state index in [9.17, 15) is 18.4 Å². The number of amides is 1. The highest BCUT2D eigenvalue weighted by Crippen LogP contribution is 2.42. The quantitative estimate of drug-likeness (QED) is 0.414. The maximum atomic E-state index is 13.3. The molecular formula is C28H42F2N2O3. The Bertz CT molecular complexity index is 810. The molecule has 0 heterocycles. The van der Waals surface area contributed by atoms with Gasteiger partial charge in [0.25, 0.3) is 0 Å². The van der Waals surface area contributed by atoms with Gasteiger partial charge in [0.05, 0.1) is 13.2 Å². The molecule has 5 nitrogen and oxygen atoms in total. The Morgan fingerprint density at radius 1 is 0.943 bits per heavy atom. The summed E-state index contributed by atoms with van der Waals surface area (Å²) in [5, 5.41) is 2.28. The van der Waals surface area contributed by atoms with Gasteiger partial charge in [-0.1, -0.05) is 71.7 Å². The Labute approximate surface area is 209 Å². The number of nitrogens with one attached hydrogen (secondary N) is 1. The summed E-state index contributed by atoms with van der Waals surface area (Å²) in [4.78, 5) is 21.1. The lowest BCUT2D eigenvalue weighted by Crippen LogP contribution is -2.35. The van der Waals surface area contributed by atoms with Gasteiger partial charge < -0.3 is 15.8 Å². The van der Waals surface area contributed by atoms with E-state index in [1.165, 1.54) is 24.3 Å². The third-order valence-corrected chi connectivity index (χ3v) is 5.75. The van der Waals surface area contributed by atoms with Crippen molar-refractivity contribution in [2.45, 2.75) is 66.2 Å². The number of esters is 1. The van der Waals surface area contributed by atoms with Gasteiger partial charge in [-0.3, -0.25) is 9.59 Å². The van der Waals surface area contributed by atoms with Crippen molar-refractivity contribution >= 4 is 11.9 Å². The summed E-state index contributed by atoms with van der Waals surface area (Å²) < 4.78 is 31.2. The zero-order valence-corrected chi connectivity index (χ0v) is 22.0. The minimum absolute atomic E-state index is 0.107. The van der Waals surface area contributed by atoms with Gasteiger partial charge in [0, 0.05) is 5.41 Å². The molecule has 1 amide bonds. The second kappa shape index (κ2) is 17.6. The van der Waals surface area contributed by atoms with Crippen molar-refractivity contribution in [2.24, 2.45) is 11.7 Å². The summed E-state index contributed by atoms with van der Waals surface area (Å²) in [5.41, 5.74) is 6.89. The van der Waals surface area contributed by atoms with Gasteiger partial charge in [-0.2, -0.15) is 0 Å². The summed E-state index contributed by atoms with van der Waals surface area (Å²) in [6, 6.07) is 13.5. The molecule has 35 heavy (non-hydrogen) atoms. The molecule has 7 heteroatoms. The predicted octanol–water partition coefficient (Wildman–Crippen LogP) is 5.75. The molecule has 2 aromatic rings. The van der Waals surface area contributed by atoms with Crippen molar-refractivity contribution < 1.29 is 23.1 Å². The molecule has 2 rings (SSSR count). The van der Waals surface area contributed by atoms with Crippen molar-refractivity contribution in [3.05, 3.63) is 71.3 Å². The number of benzene rings is 2. The average Bonchev–Trinajstić information content (AvgIpc) is 2.88. The highest BCUT2D eigenvalue weighted by atomic mass is 19.1. The smallest absolute Gasteiger partial charge is 0.325 e. The van der Waals surface area contributed by atoms with E-state index in [2.05, 4.69) is 30.8 Å².